The van der Waals surface area contributed by atoms with Gasteiger partial charge in [-0.2, -0.15) is 0 Å². The van der Waals surface area contributed by atoms with E-state index in [2.05, 4.69) is 40.7 Å². The second-order valence-corrected chi connectivity index (χ2v) is 5.31. The normalized spacial score (nSPS) is 12.8. The topological polar surface area (TPSA) is 18.5 Å². The molecule has 0 aliphatic heterocycles. The second kappa shape index (κ2) is 11.7. The minimum absolute atomic E-state index is 0.0429. The van der Waals surface area contributed by atoms with E-state index in [0.29, 0.717) is 5.92 Å². The lowest BCUT2D eigenvalue weighted by Crippen LogP contribution is -2.26. The second-order valence-electron chi connectivity index (χ2n) is 5.31. The minimum Gasteiger partial charge on any atom is -0.352 e. The van der Waals surface area contributed by atoms with Gasteiger partial charge in [0.2, 0.25) is 0 Å². The van der Waals surface area contributed by atoms with E-state index in [1.54, 1.807) is 0 Å². The summed E-state index contributed by atoms with van der Waals surface area (Å²) in [6.07, 6.45) is 7.83. The van der Waals surface area contributed by atoms with Crippen molar-refractivity contribution < 1.29 is 9.47 Å². The molecule has 108 valence electrons. The van der Waals surface area contributed by atoms with Gasteiger partial charge in [0.25, 0.3) is 0 Å². The molecule has 0 aromatic carbocycles. The van der Waals surface area contributed by atoms with Crippen LogP contribution in [0.4, 0.5) is 0 Å². The predicted molar refractivity (Wildman–Crippen MR) is 78.7 cm³/mol. The van der Waals surface area contributed by atoms with Crippen LogP contribution in [0, 0.1) is 5.92 Å². The monoisotopic (exact) mass is 256 g/mol. The predicted octanol–water partition coefficient (Wildman–Crippen LogP) is 4.94. The lowest BCUT2D eigenvalue weighted by atomic mass is 10.1. The Balaban J connectivity index is 4.11. The van der Waals surface area contributed by atoms with E-state index in [9.17, 15) is 0 Å². The van der Waals surface area contributed by atoms with Crippen LogP contribution < -0.4 is 0 Å². The molecular weight excluding hydrogens is 224 g/mol. The zero-order valence-corrected chi connectivity index (χ0v) is 13.0. The Hall–Kier alpha value is -0.340. The summed E-state index contributed by atoms with van der Waals surface area (Å²) in [5.74, 6) is 0.425. The van der Waals surface area contributed by atoms with E-state index in [0.717, 1.165) is 32.5 Å². The van der Waals surface area contributed by atoms with Crippen molar-refractivity contribution in [3.05, 3.63) is 11.6 Å². The Morgan fingerprint density at radius 1 is 1.00 bits per heavy atom. The van der Waals surface area contributed by atoms with Gasteiger partial charge in [-0.3, -0.25) is 0 Å². The van der Waals surface area contributed by atoms with Gasteiger partial charge in [-0.15, -0.1) is 0 Å². The van der Waals surface area contributed by atoms with Crippen LogP contribution in [-0.4, -0.2) is 19.5 Å². The molecule has 1 unspecified atom stereocenters. The van der Waals surface area contributed by atoms with Crippen LogP contribution in [0.5, 0.6) is 0 Å². The highest BCUT2D eigenvalue weighted by molar-refractivity contribution is 4.93. The largest absolute Gasteiger partial charge is 0.352 e. The Morgan fingerprint density at radius 2 is 1.50 bits per heavy atom. The number of hydrogen-bond acceptors (Lipinski definition) is 2. The maximum Gasteiger partial charge on any atom is 0.160 e. The molecular formula is C16H32O2. The number of allylic oxidation sites excluding steroid dienone is 2. The molecule has 1 atom stereocenters. The first-order chi connectivity index (χ1) is 8.61. The van der Waals surface area contributed by atoms with Gasteiger partial charge in [0.05, 0.1) is 0 Å². The van der Waals surface area contributed by atoms with E-state index in [1.165, 1.54) is 18.4 Å². The summed E-state index contributed by atoms with van der Waals surface area (Å²) in [7, 11) is 0. The maximum absolute atomic E-state index is 5.87. The van der Waals surface area contributed by atoms with Crippen LogP contribution in [0.15, 0.2) is 11.6 Å². The quantitative estimate of drug-likeness (QED) is 0.296. The third kappa shape index (κ3) is 9.67. The molecule has 0 aliphatic carbocycles. The smallest absolute Gasteiger partial charge is 0.160 e. The van der Waals surface area contributed by atoms with E-state index in [1.807, 2.05) is 0 Å². The third-order valence-electron chi connectivity index (χ3n) is 2.92. The number of ether oxygens (including phenoxy) is 2. The first-order valence-electron chi connectivity index (χ1n) is 7.48. The molecule has 2 heteroatoms. The standard InChI is InChI=1S/C16H32O2/c1-6-8-12-17-16(18-13-9-7-2)15(5)11-10-14(3)4/h10,15-16H,6-9,11-13H2,1-5H3. The Morgan fingerprint density at radius 3 is 1.89 bits per heavy atom. The molecule has 18 heavy (non-hydrogen) atoms. The van der Waals surface area contributed by atoms with Crippen molar-refractivity contribution >= 4 is 0 Å². The third-order valence-corrected chi connectivity index (χ3v) is 2.92. The van der Waals surface area contributed by atoms with Crippen LogP contribution in [0.25, 0.3) is 0 Å². The molecule has 0 saturated heterocycles. The maximum atomic E-state index is 5.87. The van der Waals surface area contributed by atoms with Crippen LogP contribution in [0.3, 0.4) is 0 Å². The molecule has 0 rings (SSSR count). The molecule has 0 aliphatic rings. The molecule has 2 nitrogen and oxygen atoms in total. The lowest BCUT2D eigenvalue weighted by Gasteiger charge is -2.24. The Bertz CT molecular complexity index is 197. The number of unbranched alkanes of at least 4 members (excludes halogenated alkanes) is 2. The van der Waals surface area contributed by atoms with Crippen molar-refractivity contribution in [1.29, 1.82) is 0 Å². The highest BCUT2D eigenvalue weighted by Crippen LogP contribution is 2.16. The highest BCUT2D eigenvalue weighted by Gasteiger charge is 2.17. The fraction of sp³-hybridized carbons (Fsp3) is 0.875. The van der Waals surface area contributed by atoms with Crippen LogP contribution >= 0.6 is 0 Å². The van der Waals surface area contributed by atoms with Crippen molar-refractivity contribution in [2.24, 2.45) is 5.92 Å². The molecule has 0 spiro atoms. The molecule has 0 fully saturated rings. The van der Waals surface area contributed by atoms with Crippen LogP contribution in [-0.2, 0) is 9.47 Å². The van der Waals surface area contributed by atoms with Gasteiger partial charge in [-0.1, -0.05) is 45.3 Å². The summed E-state index contributed by atoms with van der Waals surface area (Å²) < 4.78 is 11.7. The summed E-state index contributed by atoms with van der Waals surface area (Å²) >= 11 is 0. The zero-order chi connectivity index (χ0) is 13.8. The Labute approximate surface area is 114 Å². The van der Waals surface area contributed by atoms with Gasteiger partial charge in [0, 0.05) is 19.1 Å². The number of rotatable bonds is 11. The summed E-state index contributed by atoms with van der Waals surface area (Å²) in [5, 5.41) is 0. The van der Waals surface area contributed by atoms with Crippen LogP contribution in [0.2, 0.25) is 0 Å². The fourth-order valence-electron chi connectivity index (χ4n) is 1.60. The van der Waals surface area contributed by atoms with Crippen molar-refractivity contribution in [2.75, 3.05) is 13.2 Å². The molecule has 0 heterocycles. The highest BCUT2D eigenvalue weighted by atomic mass is 16.7. The molecule has 0 N–H and O–H groups in total. The summed E-state index contributed by atoms with van der Waals surface area (Å²) in [5.41, 5.74) is 1.36. The first kappa shape index (κ1) is 17.7. The van der Waals surface area contributed by atoms with Gasteiger partial charge in [-0.05, 0) is 33.1 Å². The van der Waals surface area contributed by atoms with E-state index in [-0.39, 0.29) is 6.29 Å². The summed E-state index contributed by atoms with van der Waals surface area (Å²) in [4.78, 5) is 0. The first-order valence-corrected chi connectivity index (χ1v) is 7.48. The Kier molecular flexibility index (Phi) is 11.5. The summed E-state index contributed by atoms with van der Waals surface area (Å²) in [6, 6.07) is 0. The van der Waals surface area contributed by atoms with Gasteiger partial charge in [0.1, 0.15) is 0 Å². The SMILES string of the molecule is CCCCOC(OCCCC)C(C)CC=C(C)C. The van der Waals surface area contributed by atoms with Gasteiger partial charge in [-0.25, -0.2) is 0 Å². The molecule has 0 radical (unpaired) electrons. The van der Waals surface area contributed by atoms with Crippen molar-refractivity contribution in [2.45, 2.75) is 73.0 Å². The van der Waals surface area contributed by atoms with Crippen molar-refractivity contribution in [3.8, 4) is 0 Å². The molecule has 0 bridgehead atoms. The van der Waals surface area contributed by atoms with Gasteiger partial charge < -0.3 is 9.47 Å². The average Bonchev–Trinajstić information content (AvgIpc) is 2.34. The minimum atomic E-state index is -0.0429. The van der Waals surface area contributed by atoms with E-state index in [4.69, 9.17) is 9.47 Å². The van der Waals surface area contributed by atoms with Gasteiger partial charge in [0.15, 0.2) is 6.29 Å². The van der Waals surface area contributed by atoms with Crippen molar-refractivity contribution in [1.82, 2.24) is 0 Å². The van der Waals surface area contributed by atoms with Gasteiger partial charge >= 0.3 is 0 Å². The van der Waals surface area contributed by atoms with Crippen LogP contribution in [0.1, 0.15) is 66.7 Å². The lowest BCUT2D eigenvalue weighted by molar-refractivity contribution is -0.169. The van der Waals surface area contributed by atoms with Crippen molar-refractivity contribution in [3.63, 3.8) is 0 Å². The molecule has 0 saturated carbocycles. The molecule has 0 amide bonds. The molecule has 0 aromatic rings. The van der Waals surface area contributed by atoms with E-state index < -0.39 is 0 Å². The average molecular weight is 256 g/mol. The fourth-order valence-corrected chi connectivity index (χ4v) is 1.60. The molecule has 0 aromatic heterocycles. The number of hydrogen-bond donors (Lipinski definition) is 0. The summed E-state index contributed by atoms with van der Waals surface area (Å²) in [6.45, 7) is 12.5. The zero-order valence-electron chi connectivity index (χ0n) is 13.0. The van der Waals surface area contributed by atoms with E-state index >= 15 is 0 Å².